The normalized spacial score (nSPS) is 38.6. The Kier molecular flexibility index (Phi) is 4.78. The van der Waals surface area contributed by atoms with Crippen molar-refractivity contribution in [3.63, 3.8) is 0 Å². The monoisotopic (exact) mass is 239 g/mol. The van der Waals surface area contributed by atoms with Crippen LogP contribution >= 0.6 is 0 Å². The minimum absolute atomic E-state index is 0.0530. The summed E-state index contributed by atoms with van der Waals surface area (Å²) in [5, 5.41) is 8.86. The van der Waals surface area contributed by atoms with Gasteiger partial charge in [-0.25, -0.2) is 0 Å². The van der Waals surface area contributed by atoms with E-state index in [1.54, 1.807) is 7.11 Å². The lowest BCUT2D eigenvalue weighted by molar-refractivity contribution is -0.233. The van der Waals surface area contributed by atoms with Crippen LogP contribution in [-0.4, -0.2) is 33.2 Å². The van der Waals surface area contributed by atoms with Gasteiger partial charge in [-0.2, -0.15) is 5.26 Å². The van der Waals surface area contributed by atoms with Crippen molar-refractivity contribution in [2.24, 2.45) is 17.8 Å². The highest BCUT2D eigenvalue weighted by Gasteiger charge is 2.32. The molecule has 1 heterocycles. The average molecular weight is 239 g/mol. The molecule has 2 aliphatic rings. The lowest BCUT2D eigenvalue weighted by atomic mass is 9.82. The molecule has 0 radical (unpaired) electrons. The largest absolute Gasteiger partial charge is 0.384 e. The maximum absolute atomic E-state index is 8.86. The van der Waals surface area contributed by atoms with Crippen molar-refractivity contribution in [3.05, 3.63) is 0 Å². The van der Waals surface area contributed by atoms with E-state index >= 15 is 0 Å². The summed E-state index contributed by atoms with van der Waals surface area (Å²) in [6.07, 6.45) is 4.04. The Labute approximate surface area is 103 Å². The summed E-state index contributed by atoms with van der Waals surface area (Å²) in [5.74, 6) is 1.09. The molecule has 4 nitrogen and oxygen atoms in total. The summed E-state index contributed by atoms with van der Waals surface area (Å²) < 4.78 is 16.6. The summed E-state index contributed by atoms with van der Waals surface area (Å²) in [5.41, 5.74) is 0. The molecule has 17 heavy (non-hydrogen) atoms. The zero-order valence-corrected chi connectivity index (χ0v) is 10.4. The number of nitrogens with zero attached hydrogens (tertiary/aromatic N) is 1. The molecule has 0 aromatic rings. The molecule has 4 heteroatoms. The third kappa shape index (κ3) is 3.41. The first-order valence-electron chi connectivity index (χ1n) is 6.45. The highest BCUT2D eigenvalue weighted by atomic mass is 16.7. The number of ether oxygens (including phenoxy) is 3. The van der Waals surface area contributed by atoms with Gasteiger partial charge in [0.15, 0.2) is 6.29 Å². The van der Waals surface area contributed by atoms with Crippen LogP contribution in [0.4, 0.5) is 0 Å². The predicted octanol–water partition coefficient (Wildman–Crippen LogP) is 1.95. The molecule has 2 rings (SSSR count). The van der Waals surface area contributed by atoms with Crippen molar-refractivity contribution in [1.29, 1.82) is 5.26 Å². The topological polar surface area (TPSA) is 51.5 Å². The number of hydrogen-bond donors (Lipinski definition) is 0. The van der Waals surface area contributed by atoms with Crippen molar-refractivity contribution in [3.8, 4) is 6.07 Å². The second-order valence-corrected chi connectivity index (χ2v) is 5.10. The van der Waals surface area contributed by atoms with E-state index in [0.29, 0.717) is 18.4 Å². The third-order valence-corrected chi connectivity index (χ3v) is 3.73. The van der Waals surface area contributed by atoms with Crippen molar-refractivity contribution in [2.75, 3.05) is 26.9 Å². The number of nitriles is 1. The third-order valence-electron chi connectivity index (χ3n) is 3.73. The van der Waals surface area contributed by atoms with Crippen LogP contribution in [0.3, 0.4) is 0 Å². The Morgan fingerprint density at radius 2 is 1.82 bits per heavy atom. The second-order valence-electron chi connectivity index (χ2n) is 5.10. The van der Waals surface area contributed by atoms with Gasteiger partial charge in [-0.15, -0.1) is 0 Å². The van der Waals surface area contributed by atoms with Crippen LogP contribution < -0.4 is 0 Å². The fourth-order valence-corrected chi connectivity index (χ4v) is 2.68. The molecule has 0 amide bonds. The molecule has 96 valence electrons. The van der Waals surface area contributed by atoms with E-state index in [1.807, 2.05) is 0 Å². The van der Waals surface area contributed by atoms with Crippen LogP contribution in [0.25, 0.3) is 0 Å². The minimum atomic E-state index is -0.0530. The van der Waals surface area contributed by atoms with Gasteiger partial charge in [0.1, 0.15) is 0 Å². The Hall–Kier alpha value is -0.630. The van der Waals surface area contributed by atoms with Crippen molar-refractivity contribution < 1.29 is 14.2 Å². The van der Waals surface area contributed by atoms with Gasteiger partial charge >= 0.3 is 0 Å². The Balaban J connectivity index is 1.72. The Morgan fingerprint density at radius 1 is 1.18 bits per heavy atom. The van der Waals surface area contributed by atoms with Gasteiger partial charge in [-0.3, -0.25) is 0 Å². The fraction of sp³-hybridized carbons (Fsp3) is 0.923. The maximum atomic E-state index is 8.86. The molecule has 0 unspecified atom stereocenters. The quantitative estimate of drug-likeness (QED) is 0.755. The van der Waals surface area contributed by atoms with E-state index in [4.69, 9.17) is 19.5 Å². The molecule has 0 aromatic carbocycles. The van der Waals surface area contributed by atoms with Crippen LogP contribution in [0.15, 0.2) is 0 Å². The van der Waals surface area contributed by atoms with E-state index < -0.39 is 0 Å². The highest BCUT2D eigenvalue weighted by Crippen LogP contribution is 2.33. The first-order valence-corrected chi connectivity index (χ1v) is 6.45. The molecule has 0 bridgehead atoms. The summed E-state index contributed by atoms with van der Waals surface area (Å²) >= 11 is 0. The lowest BCUT2D eigenvalue weighted by Gasteiger charge is -2.36. The fourth-order valence-electron chi connectivity index (χ4n) is 2.68. The number of rotatable bonds is 3. The first-order chi connectivity index (χ1) is 8.33. The molecule has 1 aliphatic heterocycles. The summed E-state index contributed by atoms with van der Waals surface area (Å²) in [6.45, 7) is 2.17. The SMILES string of the molecule is COCC1COC(C2CCC(C#N)CC2)OC1. The van der Waals surface area contributed by atoms with Crippen molar-refractivity contribution in [1.82, 2.24) is 0 Å². The van der Waals surface area contributed by atoms with Crippen LogP contribution in [0, 0.1) is 29.1 Å². The summed E-state index contributed by atoms with van der Waals surface area (Å²) in [4.78, 5) is 0. The second kappa shape index (κ2) is 6.34. The van der Waals surface area contributed by atoms with Crippen molar-refractivity contribution >= 4 is 0 Å². The molecule has 2 fully saturated rings. The predicted molar refractivity (Wildman–Crippen MR) is 62.1 cm³/mol. The van der Waals surface area contributed by atoms with E-state index in [-0.39, 0.29) is 12.2 Å². The zero-order valence-electron chi connectivity index (χ0n) is 10.4. The smallest absolute Gasteiger partial charge is 0.160 e. The Morgan fingerprint density at radius 3 is 2.35 bits per heavy atom. The Bertz CT molecular complexity index is 260. The zero-order chi connectivity index (χ0) is 12.1. The highest BCUT2D eigenvalue weighted by molar-refractivity contribution is 4.88. The average Bonchev–Trinajstić information content (AvgIpc) is 2.40. The number of hydrogen-bond acceptors (Lipinski definition) is 4. The molecule has 1 saturated carbocycles. The van der Waals surface area contributed by atoms with Gasteiger partial charge in [0.2, 0.25) is 0 Å². The number of methoxy groups -OCH3 is 1. The van der Waals surface area contributed by atoms with Gasteiger partial charge in [0, 0.05) is 24.9 Å². The van der Waals surface area contributed by atoms with Crippen LogP contribution in [0.5, 0.6) is 0 Å². The molecule has 0 spiro atoms. The molecule has 0 aromatic heterocycles. The lowest BCUT2D eigenvalue weighted by Crippen LogP contribution is -2.39. The van der Waals surface area contributed by atoms with E-state index in [2.05, 4.69) is 6.07 Å². The molecule has 0 atom stereocenters. The molecule has 0 N–H and O–H groups in total. The van der Waals surface area contributed by atoms with Crippen LogP contribution in [0.2, 0.25) is 0 Å². The van der Waals surface area contributed by atoms with E-state index in [0.717, 1.165) is 38.9 Å². The van der Waals surface area contributed by atoms with Crippen molar-refractivity contribution in [2.45, 2.75) is 32.0 Å². The standard InChI is InChI=1S/C13H21NO3/c1-15-7-11-8-16-13(17-9-11)12-4-2-10(6-14)3-5-12/h10-13H,2-5,7-9H2,1H3. The van der Waals surface area contributed by atoms with Gasteiger partial charge in [0.25, 0.3) is 0 Å². The minimum Gasteiger partial charge on any atom is -0.384 e. The molecule has 1 aliphatic carbocycles. The molecule has 1 saturated heterocycles. The van der Waals surface area contributed by atoms with Crippen LogP contribution in [0.1, 0.15) is 25.7 Å². The van der Waals surface area contributed by atoms with Gasteiger partial charge in [-0.1, -0.05) is 0 Å². The van der Waals surface area contributed by atoms with Gasteiger partial charge in [-0.05, 0) is 25.7 Å². The van der Waals surface area contributed by atoms with E-state index in [9.17, 15) is 0 Å². The van der Waals surface area contributed by atoms with E-state index in [1.165, 1.54) is 0 Å². The molecular weight excluding hydrogens is 218 g/mol. The van der Waals surface area contributed by atoms with Gasteiger partial charge in [0.05, 0.1) is 25.9 Å². The van der Waals surface area contributed by atoms with Crippen LogP contribution in [-0.2, 0) is 14.2 Å². The maximum Gasteiger partial charge on any atom is 0.160 e. The first kappa shape index (κ1) is 12.8. The van der Waals surface area contributed by atoms with Gasteiger partial charge < -0.3 is 14.2 Å². The summed E-state index contributed by atoms with van der Waals surface area (Å²) in [7, 11) is 1.70. The summed E-state index contributed by atoms with van der Waals surface area (Å²) in [6, 6.07) is 2.35. The molecular formula is C13H21NO3.